The van der Waals surface area contributed by atoms with E-state index in [4.69, 9.17) is 4.74 Å². The number of amides is 2. The van der Waals surface area contributed by atoms with Crippen molar-refractivity contribution in [3.05, 3.63) is 53.7 Å². The smallest absolute Gasteiger partial charge is 0.251 e. The predicted molar refractivity (Wildman–Crippen MR) is 113 cm³/mol. The number of hydrogen-bond acceptors (Lipinski definition) is 5. The topological polar surface area (TPSA) is 83.6 Å². The normalized spacial score (nSPS) is 15.1. The Labute approximate surface area is 171 Å². The number of nitrogens with zero attached hydrogens (tertiary/aromatic N) is 2. The van der Waals surface area contributed by atoms with Crippen LogP contribution in [0.5, 0.6) is 0 Å². The summed E-state index contributed by atoms with van der Waals surface area (Å²) in [5, 5.41) is 5.71. The van der Waals surface area contributed by atoms with Crippen LogP contribution in [-0.2, 0) is 9.53 Å². The Morgan fingerprint density at radius 1 is 1.14 bits per heavy atom. The Morgan fingerprint density at radius 3 is 2.52 bits per heavy atom. The van der Waals surface area contributed by atoms with E-state index in [0.717, 1.165) is 24.5 Å². The lowest BCUT2D eigenvalue weighted by molar-refractivity contribution is -0.118. The standard InChI is InChI=1S/C22H28N4O3/c1-15(2)20(25-21(27)17-6-4-5-16(3)13-17)22(28)24-18-7-8-19(23-14-18)26-9-11-29-12-10-26/h4-8,13-15,20H,9-12H2,1-3H3,(H,24,28)(H,25,27). The average Bonchev–Trinajstić information content (AvgIpc) is 2.72. The number of aryl methyl sites for hydroxylation is 1. The van der Waals surface area contributed by atoms with E-state index in [1.807, 2.05) is 45.0 Å². The SMILES string of the molecule is Cc1cccc(C(=O)NC(C(=O)Nc2ccc(N3CCOCC3)nc2)C(C)C)c1. The molecule has 0 saturated carbocycles. The maximum atomic E-state index is 12.8. The van der Waals surface area contributed by atoms with E-state index in [1.54, 1.807) is 18.3 Å². The van der Waals surface area contributed by atoms with Gasteiger partial charge in [-0.1, -0.05) is 31.5 Å². The van der Waals surface area contributed by atoms with Gasteiger partial charge in [0.15, 0.2) is 0 Å². The summed E-state index contributed by atoms with van der Waals surface area (Å²) in [6.45, 7) is 8.73. The number of aromatic nitrogens is 1. The molecule has 1 saturated heterocycles. The first kappa shape index (κ1) is 20.8. The predicted octanol–water partition coefficient (Wildman–Crippen LogP) is 2.62. The Hall–Kier alpha value is -2.93. The minimum atomic E-state index is -0.651. The molecule has 2 N–H and O–H groups in total. The second kappa shape index (κ2) is 9.52. The minimum Gasteiger partial charge on any atom is -0.378 e. The summed E-state index contributed by atoms with van der Waals surface area (Å²) in [5.41, 5.74) is 2.14. The molecule has 1 fully saturated rings. The fourth-order valence-corrected chi connectivity index (χ4v) is 3.21. The quantitative estimate of drug-likeness (QED) is 0.784. The van der Waals surface area contributed by atoms with Gasteiger partial charge in [-0.3, -0.25) is 9.59 Å². The lowest BCUT2D eigenvalue weighted by Gasteiger charge is -2.27. The van der Waals surface area contributed by atoms with Gasteiger partial charge in [-0.15, -0.1) is 0 Å². The van der Waals surface area contributed by atoms with Crippen LogP contribution < -0.4 is 15.5 Å². The van der Waals surface area contributed by atoms with Gasteiger partial charge >= 0.3 is 0 Å². The zero-order valence-electron chi connectivity index (χ0n) is 17.1. The Bertz CT molecular complexity index is 845. The summed E-state index contributed by atoms with van der Waals surface area (Å²) in [6.07, 6.45) is 1.64. The largest absolute Gasteiger partial charge is 0.378 e. The molecule has 1 atom stereocenters. The number of nitrogens with one attached hydrogen (secondary N) is 2. The van der Waals surface area contributed by atoms with Gasteiger partial charge in [0.2, 0.25) is 5.91 Å². The Morgan fingerprint density at radius 2 is 1.90 bits per heavy atom. The van der Waals surface area contributed by atoms with Crippen LogP contribution in [0.25, 0.3) is 0 Å². The first-order chi connectivity index (χ1) is 13.9. The fraction of sp³-hybridized carbons (Fsp3) is 0.409. The zero-order valence-corrected chi connectivity index (χ0v) is 17.1. The number of benzene rings is 1. The minimum absolute atomic E-state index is 0.0654. The third-order valence-electron chi connectivity index (χ3n) is 4.87. The van der Waals surface area contributed by atoms with Crippen molar-refractivity contribution in [1.82, 2.24) is 10.3 Å². The van der Waals surface area contributed by atoms with Crippen LogP contribution in [0.4, 0.5) is 11.5 Å². The van der Waals surface area contributed by atoms with Crippen molar-refractivity contribution in [2.24, 2.45) is 5.92 Å². The van der Waals surface area contributed by atoms with Gasteiger partial charge < -0.3 is 20.3 Å². The molecule has 1 unspecified atom stereocenters. The molecule has 1 aliphatic heterocycles. The highest BCUT2D eigenvalue weighted by Crippen LogP contribution is 2.16. The summed E-state index contributed by atoms with van der Waals surface area (Å²) >= 11 is 0. The number of carbonyl (C=O) groups excluding carboxylic acids is 2. The summed E-state index contributed by atoms with van der Waals surface area (Å²) in [7, 11) is 0. The van der Waals surface area contributed by atoms with Gasteiger partial charge in [0.05, 0.1) is 25.1 Å². The molecule has 1 aliphatic rings. The first-order valence-electron chi connectivity index (χ1n) is 9.91. The Balaban J connectivity index is 1.64. The van der Waals surface area contributed by atoms with Gasteiger partial charge in [-0.25, -0.2) is 4.98 Å². The molecule has 2 aromatic rings. The lowest BCUT2D eigenvalue weighted by Crippen LogP contribution is -2.47. The number of carbonyl (C=O) groups is 2. The molecule has 0 radical (unpaired) electrons. The zero-order chi connectivity index (χ0) is 20.8. The molecule has 2 amide bonds. The van der Waals surface area contributed by atoms with Crippen LogP contribution in [0.1, 0.15) is 29.8 Å². The fourth-order valence-electron chi connectivity index (χ4n) is 3.21. The maximum Gasteiger partial charge on any atom is 0.251 e. The van der Waals surface area contributed by atoms with Crippen LogP contribution >= 0.6 is 0 Å². The van der Waals surface area contributed by atoms with Crippen molar-refractivity contribution in [1.29, 1.82) is 0 Å². The number of hydrogen-bond donors (Lipinski definition) is 2. The van der Waals surface area contributed by atoms with Gasteiger partial charge in [0.25, 0.3) is 5.91 Å². The summed E-state index contributed by atoms with van der Waals surface area (Å²) in [5.74, 6) is 0.272. The van der Waals surface area contributed by atoms with Gasteiger partial charge in [-0.2, -0.15) is 0 Å². The van der Waals surface area contributed by atoms with Crippen molar-refractivity contribution in [2.45, 2.75) is 26.8 Å². The molecule has 0 bridgehead atoms. The number of anilines is 2. The maximum absolute atomic E-state index is 12.8. The third-order valence-corrected chi connectivity index (χ3v) is 4.87. The van der Waals surface area contributed by atoms with Crippen molar-refractivity contribution in [3.63, 3.8) is 0 Å². The molecule has 0 aliphatic carbocycles. The van der Waals surface area contributed by atoms with Crippen LogP contribution in [0.3, 0.4) is 0 Å². The molecular weight excluding hydrogens is 368 g/mol. The van der Waals surface area contributed by atoms with Crippen molar-refractivity contribution in [3.8, 4) is 0 Å². The molecule has 3 rings (SSSR count). The third kappa shape index (κ3) is 5.54. The number of ether oxygens (including phenoxy) is 1. The number of rotatable bonds is 6. The molecule has 154 valence electrons. The van der Waals surface area contributed by atoms with Gasteiger partial charge in [0.1, 0.15) is 11.9 Å². The van der Waals surface area contributed by atoms with E-state index in [2.05, 4.69) is 20.5 Å². The van der Waals surface area contributed by atoms with E-state index in [9.17, 15) is 9.59 Å². The van der Waals surface area contributed by atoms with Crippen molar-refractivity contribution in [2.75, 3.05) is 36.5 Å². The molecular formula is C22H28N4O3. The molecule has 1 aromatic carbocycles. The number of morpholine rings is 1. The van der Waals surface area contributed by atoms with E-state index >= 15 is 0 Å². The Kier molecular flexibility index (Phi) is 6.82. The molecule has 29 heavy (non-hydrogen) atoms. The van der Waals surface area contributed by atoms with Crippen molar-refractivity contribution >= 4 is 23.3 Å². The first-order valence-corrected chi connectivity index (χ1v) is 9.91. The van der Waals surface area contributed by atoms with E-state index in [-0.39, 0.29) is 17.7 Å². The lowest BCUT2D eigenvalue weighted by atomic mass is 10.0. The monoisotopic (exact) mass is 396 g/mol. The average molecular weight is 396 g/mol. The summed E-state index contributed by atoms with van der Waals surface area (Å²) in [6, 6.07) is 10.4. The van der Waals surface area contributed by atoms with Crippen LogP contribution in [0.2, 0.25) is 0 Å². The summed E-state index contributed by atoms with van der Waals surface area (Å²) < 4.78 is 5.36. The molecule has 7 heteroatoms. The van der Waals surface area contributed by atoms with Crippen LogP contribution in [-0.4, -0.2) is 49.1 Å². The van der Waals surface area contributed by atoms with Gasteiger partial charge in [0, 0.05) is 18.7 Å². The van der Waals surface area contributed by atoms with Crippen molar-refractivity contribution < 1.29 is 14.3 Å². The highest BCUT2D eigenvalue weighted by Gasteiger charge is 2.25. The highest BCUT2D eigenvalue weighted by atomic mass is 16.5. The molecule has 0 spiro atoms. The van der Waals surface area contributed by atoms with E-state index in [0.29, 0.717) is 24.5 Å². The number of pyridine rings is 1. The second-order valence-corrected chi connectivity index (χ2v) is 7.56. The van der Waals surface area contributed by atoms with Crippen LogP contribution in [0, 0.1) is 12.8 Å². The van der Waals surface area contributed by atoms with Crippen LogP contribution in [0.15, 0.2) is 42.6 Å². The van der Waals surface area contributed by atoms with E-state index < -0.39 is 6.04 Å². The molecule has 7 nitrogen and oxygen atoms in total. The molecule has 2 heterocycles. The highest BCUT2D eigenvalue weighted by molar-refractivity contribution is 6.01. The van der Waals surface area contributed by atoms with E-state index in [1.165, 1.54) is 0 Å². The second-order valence-electron chi connectivity index (χ2n) is 7.56. The molecule has 1 aromatic heterocycles. The van der Waals surface area contributed by atoms with Gasteiger partial charge in [-0.05, 0) is 37.1 Å². The summed E-state index contributed by atoms with van der Waals surface area (Å²) in [4.78, 5) is 32.0.